The first-order valence-corrected chi connectivity index (χ1v) is 6.88. The average Bonchev–Trinajstić information content (AvgIpc) is 2.61. The number of hydrogen-bond acceptors (Lipinski definition) is 6. The molecule has 0 aromatic heterocycles. The van der Waals surface area contributed by atoms with Crippen LogP contribution in [0.5, 0.6) is 0 Å². The summed E-state index contributed by atoms with van der Waals surface area (Å²) in [6.07, 6.45) is -0.0602. The van der Waals surface area contributed by atoms with Crippen LogP contribution in [0.4, 0.5) is 0 Å². The molecule has 0 aliphatic heterocycles. The third kappa shape index (κ3) is 7.21. The van der Waals surface area contributed by atoms with E-state index in [-0.39, 0.29) is 6.10 Å². The van der Waals surface area contributed by atoms with E-state index in [9.17, 15) is 9.59 Å². The Morgan fingerprint density at radius 2 is 1.09 bits per heavy atom. The monoisotopic (exact) mass is 318 g/mol. The van der Waals surface area contributed by atoms with Gasteiger partial charge in [-0.15, -0.1) is 0 Å². The van der Waals surface area contributed by atoms with E-state index in [4.69, 9.17) is 5.26 Å². The molecule has 23 heavy (non-hydrogen) atoms. The summed E-state index contributed by atoms with van der Waals surface area (Å²) in [7, 11) is 0. The van der Waals surface area contributed by atoms with Crippen LogP contribution < -0.4 is 0 Å². The van der Waals surface area contributed by atoms with Crippen LogP contribution in [0.3, 0.4) is 0 Å². The molecule has 122 valence electrons. The number of carbonyl (C=O) groups excluding carboxylic acids is 2. The van der Waals surface area contributed by atoms with Crippen molar-refractivity contribution in [3.63, 3.8) is 0 Å². The summed E-state index contributed by atoms with van der Waals surface area (Å²) in [4.78, 5) is 35.6. The van der Waals surface area contributed by atoms with Gasteiger partial charge in [0.05, 0.1) is 17.2 Å². The van der Waals surface area contributed by atoms with Gasteiger partial charge in [0.2, 0.25) is 0 Å². The summed E-state index contributed by atoms with van der Waals surface area (Å²) >= 11 is 0. The van der Waals surface area contributed by atoms with Crippen LogP contribution in [0.15, 0.2) is 60.7 Å². The Morgan fingerprint density at radius 1 is 0.783 bits per heavy atom. The van der Waals surface area contributed by atoms with E-state index in [1.165, 1.54) is 0 Å². The predicted octanol–water partition coefficient (Wildman–Crippen LogP) is 3.50. The summed E-state index contributed by atoms with van der Waals surface area (Å²) < 4.78 is 0. The van der Waals surface area contributed by atoms with Gasteiger partial charge in [0.25, 0.3) is 0 Å². The zero-order valence-corrected chi connectivity index (χ0v) is 12.8. The molecule has 0 bridgehead atoms. The zero-order valence-electron chi connectivity index (χ0n) is 12.8. The molecule has 0 unspecified atom stereocenters. The van der Waals surface area contributed by atoms with Crippen LogP contribution in [-0.2, 0) is 14.7 Å². The maximum atomic E-state index is 11.5. The highest BCUT2D eigenvalue weighted by Gasteiger charge is 2.12. The van der Waals surface area contributed by atoms with Gasteiger partial charge >= 0.3 is 11.9 Å². The lowest BCUT2D eigenvalue weighted by Crippen LogP contribution is -2.11. The topological polar surface area (TPSA) is 82.1 Å². The van der Waals surface area contributed by atoms with Gasteiger partial charge in [-0.25, -0.2) is 24.3 Å². The van der Waals surface area contributed by atoms with E-state index < -0.39 is 11.9 Å². The minimum Gasteiger partial charge on any atom is -0.252 e. The second-order valence-corrected chi connectivity index (χ2v) is 4.63. The van der Waals surface area contributed by atoms with Crippen LogP contribution in [0.1, 0.15) is 34.6 Å². The molecule has 0 aliphatic carbocycles. The van der Waals surface area contributed by atoms with Crippen molar-refractivity contribution in [3.05, 3.63) is 71.8 Å². The fraction of sp³-hybridized carbons (Fsp3) is 0.176. The molecule has 0 atom stereocenters. The molecule has 0 aliphatic rings. The Hall–Kier alpha value is -2.70. The van der Waals surface area contributed by atoms with Gasteiger partial charge < -0.3 is 0 Å². The number of rotatable bonds is 3. The molecule has 0 heterocycles. The Morgan fingerprint density at radius 3 is 1.35 bits per heavy atom. The van der Waals surface area contributed by atoms with Gasteiger partial charge in [0, 0.05) is 0 Å². The van der Waals surface area contributed by atoms with Gasteiger partial charge in [-0.05, 0) is 38.1 Å². The summed E-state index contributed by atoms with van der Waals surface area (Å²) in [5.74, 6) is -1.42. The van der Waals surface area contributed by atoms with Crippen molar-refractivity contribution in [2.45, 2.75) is 20.0 Å². The van der Waals surface area contributed by atoms with E-state index in [0.717, 1.165) is 0 Å². The number of hydrogen-bond donors (Lipinski definition) is 1. The number of benzene rings is 2. The van der Waals surface area contributed by atoms with Crippen molar-refractivity contribution in [2.24, 2.45) is 0 Å². The zero-order chi connectivity index (χ0) is 17.1. The van der Waals surface area contributed by atoms with Crippen LogP contribution in [0.2, 0.25) is 0 Å². The summed E-state index contributed by atoms with van der Waals surface area (Å²) in [6, 6.07) is 16.6. The molecule has 0 radical (unpaired) electrons. The minimum absolute atomic E-state index is 0.0602. The number of carbonyl (C=O) groups is 2. The quantitative estimate of drug-likeness (QED) is 0.689. The molecule has 6 heteroatoms. The average molecular weight is 318 g/mol. The second-order valence-electron chi connectivity index (χ2n) is 4.63. The summed E-state index contributed by atoms with van der Waals surface area (Å²) in [6.45, 7) is 3.50. The van der Waals surface area contributed by atoms with Gasteiger partial charge in [-0.1, -0.05) is 36.4 Å². The normalized spacial score (nSPS) is 9.57. The highest BCUT2D eigenvalue weighted by molar-refractivity contribution is 5.92. The lowest BCUT2D eigenvalue weighted by Gasteiger charge is -2.02. The van der Waals surface area contributed by atoms with Crippen LogP contribution >= 0.6 is 0 Å². The standard InChI is InChI=1S/C14H10O4.C3H8O2/c15-13(11-7-3-1-4-8-11)17-18-14(16)12-9-5-2-6-10-12;1-3(2)5-4/h1-10H;3-4H,1-2H3. The van der Waals surface area contributed by atoms with Crippen molar-refractivity contribution in [1.82, 2.24) is 0 Å². The maximum absolute atomic E-state index is 11.5. The third-order valence-corrected chi connectivity index (χ3v) is 2.42. The SMILES string of the molecule is CC(C)OO.O=C(OOC(=O)c1ccccc1)c1ccccc1. The molecule has 0 saturated heterocycles. The Balaban J connectivity index is 0.000000463. The Bertz CT molecular complexity index is 543. The molecule has 2 aromatic rings. The highest BCUT2D eigenvalue weighted by Crippen LogP contribution is 2.05. The van der Waals surface area contributed by atoms with Crippen LogP contribution in [-0.4, -0.2) is 23.3 Å². The lowest BCUT2D eigenvalue weighted by atomic mass is 10.2. The van der Waals surface area contributed by atoms with Crippen molar-refractivity contribution < 1.29 is 29.5 Å². The molecule has 0 amide bonds. The minimum atomic E-state index is -0.708. The molecule has 0 saturated carbocycles. The highest BCUT2D eigenvalue weighted by atomic mass is 17.2. The van der Waals surface area contributed by atoms with Crippen molar-refractivity contribution in [3.8, 4) is 0 Å². The van der Waals surface area contributed by atoms with Crippen LogP contribution in [0, 0.1) is 0 Å². The van der Waals surface area contributed by atoms with E-state index >= 15 is 0 Å². The van der Waals surface area contributed by atoms with Crippen LogP contribution in [0.25, 0.3) is 0 Å². The first-order chi connectivity index (χ1) is 11.0. The molecule has 6 nitrogen and oxygen atoms in total. The van der Waals surface area contributed by atoms with Gasteiger partial charge in [-0.2, -0.15) is 0 Å². The predicted molar refractivity (Wildman–Crippen MR) is 82.6 cm³/mol. The first kappa shape index (κ1) is 18.3. The lowest BCUT2D eigenvalue weighted by molar-refractivity contribution is -0.269. The van der Waals surface area contributed by atoms with E-state index in [1.807, 2.05) is 0 Å². The van der Waals surface area contributed by atoms with Gasteiger partial charge in [-0.3, -0.25) is 5.26 Å². The molecule has 2 aromatic carbocycles. The fourth-order valence-electron chi connectivity index (χ4n) is 1.32. The smallest absolute Gasteiger partial charge is 0.252 e. The van der Waals surface area contributed by atoms with E-state index in [0.29, 0.717) is 11.1 Å². The Kier molecular flexibility index (Phi) is 8.06. The molecule has 1 N–H and O–H groups in total. The van der Waals surface area contributed by atoms with Crippen molar-refractivity contribution in [1.29, 1.82) is 0 Å². The fourth-order valence-corrected chi connectivity index (χ4v) is 1.32. The second kappa shape index (κ2) is 10.1. The van der Waals surface area contributed by atoms with Crippen molar-refractivity contribution >= 4 is 11.9 Å². The van der Waals surface area contributed by atoms with E-state index in [2.05, 4.69) is 14.7 Å². The Labute approximate surface area is 134 Å². The molecule has 0 spiro atoms. The van der Waals surface area contributed by atoms with Crippen molar-refractivity contribution in [2.75, 3.05) is 0 Å². The molecular weight excluding hydrogens is 300 g/mol. The molecule has 0 fully saturated rings. The van der Waals surface area contributed by atoms with Gasteiger partial charge in [0.15, 0.2) is 0 Å². The summed E-state index contributed by atoms with van der Waals surface area (Å²) in [5, 5.41) is 7.64. The van der Waals surface area contributed by atoms with E-state index in [1.54, 1.807) is 74.5 Å². The third-order valence-electron chi connectivity index (χ3n) is 2.42. The summed E-state index contributed by atoms with van der Waals surface area (Å²) in [5.41, 5.74) is 0.636. The first-order valence-electron chi connectivity index (χ1n) is 6.88. The van der Waals surface area contributed by atoms with Gasteiger partial charge in [0.1, 0.15) is 0 Å². The maximum Gasteiger partial charge on any atom is 0.386 e. The molecular formula is C17H18O6. The molecule has 2 rings (SSSR count). The largest absolute Gasteiger partial charge is 0.386 e.